The Hall–Kier alpha value is -1.46. The van der Waals surface area contributed by atoms with E-state index in [1.807, 2.05) is 6.92 Å². The van der Waals surface area contributed by atoms with Crippen LogP contribution in [-0.2, 0) is 6.42 Å². The first-order valence-electron chi connectivity index (χ1n) is 5.68. The van der Waals surface area contributed by atoms with Crippen LogP contribution < -0.4 is 5.32 Å². The summed E-state index contributed by atoms with van der Waals surface area (Å²) in [6.07, 6.45) is 2.30. The summed E-state index contributed by atoms with van der Waals surface area (Å²) in [7, 11) is 0. The molecule has 2 rings (SSSR count). The lowest BCUT2D eigenvalue weighted by Gasteiger charge is -2.06. The second-order valence-corrected chi connectivity index (χ2v) is 5.05. The maximum atomic E-state index is 12.1. The SMILES string of the molecule is CCc1cc(C(=O)Nc2ccc(Br)nc2)cc(Cl)n1. The highest BCUT2D eigenvalue weighted by Crippen LogP contribution is 2.15. The van der Waals surface area contributed by atoms with Crippen molar-refractivity contribution in [3.63, 3.8) is 0 Å². The number of carbonyl (C=O) groups excluding carboxylic acids is 1. The average molecular weight is 341 g/mol. The van der Waals surface area contributed by atoms with Crippen molar-refractivity contribution in [1.29, 1.82) is 0 Å². The molecule has 0 bridgehead atoms. The number of carbonyl (C=O) groups is 1. The van der Waals surface area contributed by atoms with Gasteiger partial charge in [-0.3, -0.25) is 4.79 Å². The minimum atomic E-state index is -0.233. The number of pyridine rings is 2. The van der Waals surface area contributed by atoms with Gasteiger partial charge in [-0.05, 0) is 46.6 Å². The fourth-order valence-electron chi connectivity index (χ4n) is 1.52. The molecule has 0 saturated heterocycles. The monoisotopic (exact) mass is 339 g/mol. The van der Waals surface area contributed by atoms with Gasteiger partial charge in [-0.2, -0.15) is 0 Å². The van der Waals surface area contributed by atoms with Gasteiger partial charge >= 0.3 is 0 Å². The van der Waals surface area contributed by atoms with Crippen molar-refractivity contribution in [2.45, 2.75) is 13.3 Å². The van der Waals surface area contributed by atoms with Gasteiger partial charge in [0.15, 0.2) is 0 Å². The van der Waals surface area contributed by atoms with Crippen LogP contribution in [0.4, 0.5) is 5.69 Å². The molecule has 1 N–H and O–H groups in total. The highest BCUT2D eigenvalue weighted by Gasteiger charge is 2.09. The summed E-state index contributed by atoms with van der Waals surface area (Å²) in [4.78, 5) is 20.2. The number of aryl methyl sites for hydroxylation is 1. The van der Waals surface area contributed by atoms with E-state index in [1.165, 1.54) is 0 Å². The topological polar surface area (TPSA) is 54.9 Å². The number of hydrogen-bond acceptors (Lipinski definition) is 3. The Morgan fingerprint density at radius 1 is 1.42 bits per heavy atom. The van der Waals surface area contributed by atoms with E-state index < -0.39 is 0 Å². The first-order chi connectivity index (χ1) is 9.08. The molecule has 19 heavy (non-hydrogen) atoms. The first kappa shape index (κ1) is 14.0. The van der Waals surface area contributed by atoms with E-state index in [4.69, 9.17) is 11.6 Å². The predicted octanol–water partition coefficient (Wildman–Crippen LogP) is 3.71. The number of rotatable bonds is 3. The Balaban J connectivity index is 2.20. The normalized spacial score (nSPS) is 10.3. The summed E-state index contributed by atoms with van der Waals surface area (Å²) < 4.78 is 0.714. The minimum Gasteiger partial charge on any atom is -0.321 e. The summed E-state index contributed by atoms with van der Waals surface area (Å²) in [5, 5.41) is 3.07. The third-order valence-corrected chi connectivity index (χ3v) is 3.12. The van der Waals surface area contributed by atoms with Crippen LogP contribution in [0.5, 0.6) is 0 Å². The van der Waals surface area contributed by atoms with E-state index in [0.717, 1.165) is 12.1 Å². The second-order valence-electron chi connectivity index (χ2n) is 3.85. The third kappa shape index (κ3) is 3.75. The van der Waals surface area contributed by atoms with E-state index in [0.29, 0.717) is 21.0 Å². The lowest BCUT2D eigenvalue weighted by Crippen LogP contribution is -2.12. The Morgan fingerprint density at radius 3 is 2.84 bits per heavy atom. The largest absolute Gasteiger partial charge is 0.321 e. The quantitative estimate of drug-likeness (QED) is 0.867. The Bertz CT molecular complexity index is 601. The van der Waals surface area contributed by atoms with Crippen LogP contribution in [0, 0.1) is 0 Å². The van der Waals surface area contributed by atoms with Gasteiger partial charge < -0.3 is 5.32 Å². The Labute approximate surface area is 124 Å². The molecular formula is C13H11BrClN3O. The zero-order valence-corrected chi connectivity index (χ0v) is 12.5. The smallest absolute Gasteiger partial charge is 0.255 e. The van der Waals surface area contributed by atoms with Crippen LogP contribution >= 0.6 is 27.5 Å². The van der Waals surface area contributed by atoms with Crippen LogP contribution in [0.1, 0.15) is 23.0 Å². The van der Waals surface area contributed by atoms with E-state index >= 15 is 0 Å². The van der Waals surface area contributed by atoms with Crippen molar-refractivity contribution in [2.75, 3.05) is 5.32 Å². The molecule has 4 nitrogen and oxygen atoms in total. The summed E-state index contributed by atoms with van der Waals surface area (Å²) in [5.74, 6) is -0.233. The molecule has 98 valence electrons. The van der Waals surface area contributed by atoms with Gasteiger partial charge in [0.2, 0.25) is 0 Å². The second kappa shape index (κ2) is 6.12. The minimum absolute atomic E-state index is 0.233. The fraction of sp³-hybridized carbons (Fsp3) is 0.154. The fourth-order valence-corrected chi connectivity index (χ4v) is 1.98. The standard InChI is InChI=1S/C13H11BrClN3O/c1-2-9-5-8(6-12(15)17-9)13(19)18-10-3-4-11(14)16-7-10/h3-7H,2H2,1H3,(H,18,19). The number of nitrogens with one attached hydrogen (secondary N) is 1. The predicted molar refractivity (Wildman–Crippen MR) is 78.5 cm³/mol. The van der Waals surface area contributed by atoms with Crippen LogP contribution in [0.25, 0.3) is 0 Å². The lowest BCUT2D eigenvalue weighted by molar-refractivity contribution is 0.102. The lowest BCUT2D eigenvalue weighted by atomic mass is 10.2. The third-order valence-electron chi connectivity index (χ3n) is 2.46. The molecule has 2 heterocycles. The van der Waals surface area contributed by atoms with Gasteiger partial charge in [0.05, 0.1) is 11.9 Å². The number of anilines is 1. The summed E-state index contributed by atoms with van der Waals surface area (Å²) in [6, 6.07) is 6.79. The molecule has 0 radical (unpaired) electrons. The number of amides is 1. The zero-order valence-electron chi connectivity index (χ0n) is 10.2. The van der Waals surface area contributed by atoms with Crippen LogP contribution in [0.3, 0.4) is 0 Å². The molecule has 0 aliphatic carbocycles. The van der Waals surface area contributed by atoms with Gasteiger partial charge in [-0.1, -0.05) is 18.5 Å². The molecular weight excluding hydrogens is 330 g/mol. The van der Waals surface area contributed by atoms with Crippen LogP contribution in [-0.4, -0.2) is 15.9 Å². The van der Waals surface area contributed by atoms with Crippen molar-refractivity contribution in [3.05, 3.63) is 51.5 Å². The van der Waals surface area contributed by atoms with E-state index in [9.17, 15) is 4.79 Å². The molecule has 2 aromatic rings. The molecule has 1 amide bonds. The number of aromatic nitrogens is 2. The van der Waals surface area contributed by atoms with Crippen molar-refractivity contribution in [3.8, 4) is 0 Å². The molecule has 0 aromatic carbocycles. The molecule has 0 spiro atoms. The van der Waals surface area contributed by atoms with Gasteiger partial charge in [-0.25, -0.2) is 9.97 Å². The zero-order chi connectivity index (χ0) is 13.8. The number of nitrogens with zero attached hydrogens (tertiary/aromatic N) is 2. The van der Waals surface area contributed by atoms with E-state index in [1.54, 1.807) is 30.5 Å². The van der Waals surface area contributed by atoms with Crippen molar-refractivity contribution < 1.29 is 4.79 Å². The number of halogens is 2. The molecule has 2 aromatic heterocycles. The highest BCUT2D eigenvalue weighted by molar-refractivity contribution is 9.10. The van der Waals surface area contributed by atoms with Crippen molar-refractivity contribution in [2.24, 2.45) is 0 Å². The van der Waals surface area contributed by atoms with Crippen molar-refractivity contribution in [1.82, 2.24) is 9.97 Å². The number of hydrogen-bond donors (Lipinski definition) is 1. The van der Waals surface area contributed by atoms with E-state index in [2.05, 4.69) is 31.2 Å². The highest BCUT2D eigenvalue weighted by atomic mass is 79.9. The molecule has 0 atom stereocenters. The molecule has 0 unspecified atom stereocenters. The maximum absolute atomic E-state index is 12.1. The van der Waals surface area contributed by atoms with Gasteiger partial charge in [0.1, 0.15) is 9.76 Å². The average Bonchev–Trinajstić information content (AvgIpc) is 2.40. The van der Waals surface area contributed by atoms with Gasteiger partial charge in [0.25, 0.3) is 5.91 Å². The van der Waals surface area contributed by atoms with Gasteiger partial charge in [0, 0.05) is 11.3 Å². The molecule has 0 saturated carbocycles. The summed E-state index contributed by atoms with van der Waals surface area (Å²) in [6.45, 7) is 1.96. The Kier molecular flexibility index (Phi) is 4.50. The molecule has 6 heteroatoms. The first-order valence-corrected chi connectivity index (χ1v) is 6.85. The summed E-state index contributed by atoms with van der Waals surface area (Å²) >= 11 is 9.12. The summed E-state index contributed by atoms with van der Waals surface area (Å²) in [5.41, 5.74) is 1.89. The molecule has 0 aliphatic heterocycles. The molecule has 0 aliphatic rings. The van der Waals surface area contributed by atoms with Gasteiger partial charge in [-0.15, -0.1) is 0 Å². The van der Waals surface area contributed by atoms with E-state index in [-0.39, 0.29) is 5.91 Å². The van der Waals surface area contributed by atoms with Crippen LogP contribution in [0.15, 0.2) is 35.1 Å². The van der Waals surface area contributed by atoms with Crippen molar-refractivity contribution >= 4 is 39.1 Å². The molecule has 0 fully saturated rings. The Morgan fingerprint density at radius 2 is 2.21 bits per heavy atom. The maximum Gasteiger partial charge on any atom is 0.255 e. The van der Waals surface area contributed by atoms with Crippen LogP contribution in [0.2, 0.25) is 5.15 Å².